The zero-order chi connectivity index (χ0) is 11.8. The summed E-state index contributed by atoms with van der Waals surface area (Å²) >= 11 is 0. The summed E-state index contributed by atoms with van der Waals surface area (Å²) in [6.07, 6.45) is 1.34. The Balaban J connectivity index is 2.17. The van der Waals surface area contributed by atoms with Crippen molar-refractivity contribution >= 4 is 17.9 Å². The van der Waals surface area contributed by atoms with Gasteiger partial charge >= 0.3 is 12.0 Å². The van der Waals surface area contributed by atoms with E-state index < -0.39 is 30.0 Å². The third-order valence-corrected chi connectivity index (χ3v) is 2.92. The first-order chi connectivity index (χ1) is 7.55. The van der Waals surface area contributed by atoms with Crippen LogP contribution in [0.2, 0.25) is 0 Å². The van der Waals surface area contributed by atoms with E-state index in [9.17, 15) is 14.4 Å². The lowest BCUT2D eigenvalue weighted by Crippen LogP contribution is -2.57. The number of urea groups is 1. The van der Waals surface area contributed by atoms with E-state index in [0.29, 0.717) is 13.0 Å². The Morgan fingerprint density at radius 2 is 2.25 bits per heavy atom. The molecule has 0 aliphatic carbocycles. The number of nitrogens with zero attached hydrogens (tertiary/aromatic N) is 1. The molecule has 2 aliphatic rings. The predicted molar refractivity (Wildman–Crippen MR) is 52.7 cm³/mol. The molecule has 3 amide bonds. The largest absolute Gasteiger partial charge is 0.480 e. The zero-order valence-electron chi connectivity index (χ0n) is 8.65. The van der Waals surface area contributed by atoms with E-state index in [2.05, 4.69) is 10.6 Å². The molecule has 2 aliphatic heterocycles. The molecule has 2 heterocycles. The Labute approximate surface area is 91.8 Å². The van der Waals surface area contributed by atoms with Gasteiger partial charge in [-0.2, -0.15) is 0 Å². The molecular formula is C9H13N3O4. The van der Waals surface area contributed by atoms with Crippen molar-refractivity contribution in [2.75, 3.05) is 19.6 Å². The summed E-state index contributed by atoms with van der Waals surface area (Å²) in [5, 5.41) is 14.2. The van der Waals surface area contributed by atoms with Gasteiger partial charge in [-0.25, -0.2) is 4.79 Å². The number of carbonyl (C=O) groups excluding carboxylic acids is 2. The Morgan fingerprint density at radius 1 is 1.50 bits per heavy atom. The number of piperidine rings is 1. The summed E-state index contributed by atoms with van der Waals surface area (Å²) in [5.74, 6) is -1.63. The van der Waals surface area contributed by atoms with E-state index in [4.69, 9.17) is 5.11 Å². The molecule has 2 fully saturated rings. The highest BCUT2D eigenvalue weighted by molar-refractivity contribution is 6.08. The minimum atomic E-state index is -1.19. The molecule has 3 N–H and O–H groups in total. The monoisotopic (exact) mass is 227 g/mol. The van der Waals surface area contributed by atoms with E-state index in [1.54, 1.807) is 0 Å². The lowest BCUT2D eigenvalue weighted by Gasteiger charge is -2.31. The van der Waals surface area contributed by atoms with E-state index in [0.717, 1.165) is 17.9 Å². The number of carboxylic acid groups (broad SMARTS) is 1. The van der Waals surface area contributed by atoms with Crippen molar-refractivity contribution in [3.8, 4) is 0 Å². The smallest absolute Gasteiger partial charge is 0.325 e. The van der Waals surface area contributed by atoms with Gasteiger partial charge in [0.2, 0.25) is 0 Å². The van der Waals surface area contributed by atoms with Crippen molar-refractivity contribution in [3.05, 3.63) is 0 Å². The van der Waals surface area contributed by atoms with Crippen LogP contribution in [-0.4, -0.2) is 53.1 Å². The molecule has 2 rings (SSSR count). The number of aliphatic carboxylic acids is 1. The first-order valence-electron chi connectivity index (χ1n) is 5.12. The standard InChI is InChI=1S/C9H13N3O4/c13-6(14)4-12-7(15)9(11-8(12)16)2-1-3-10-5-9/h10H,1-5H2,(H,11,16)(H,13,14)/t9-/m1/s1. The van der Waals surface area contributed by atoms with E-state index in [1.165, 1.54) is 0 Å². The number of hydrogen-bond donors (Lipinski definition) is 3. The van der Waals surface area contributed by atoms with Crippen LogP contribution < -0.4 is 10.6 Å². The van der Waals surface area contributed by atoms with Gasteiger partial charge in [-0.1, -0.05) is 0 Å². The lowest BCUT2D eigenvalue weighted by molar-refractivity contribution is -0.143. The molecule has 7 nitrogen and oxygen atoms in total. The lowest BCUT2D eigenvalue weighted by atomic mass is 9.90. The van der Waals surface area contributed by atoms with Crippen molar-refractivity contribution in [2.24, 2.45) is 0 Å². The second-order valence-electron chi connectivity index (χ2n) is 4.08. The molecule has 88 valence electrons. The zero-order valence-corrected chi connectivity index (χ0v) is 8.65. The average Bonchev–Trinajstić information content (AvgIpc) is 2.44. The maximum atomic E-state index is 12.0. The third kappa shape index (κ3) is 1.63. The Kier molecular flexibility index (Phi) is 2.55. The summed E-state index contributed by atoms with van der Waals surface area (Å²) in [4.78, 5) is 34.8. The number of carbonyl (C=O) groups is 3. The molecule has 16 heavy (non-hydrogen) atoms. The van der Waals surface area contributed by atoms with Gasteiger partial charge in [0.1, 0.15) is 12.1 Å². The molecule has 0 bridgehead atoms. The van der Waals surface area contributed by atoms with Crippen LogP contribution in [0.15, 0.2) is 0 Å². The van der Waals surface area contributed by atoms with Crippen LogP contribution in [0.25, 0.3) is 0 Å². The maximum absolute atomic E-state index is 12.0. The van der Waals surface area contributed by atoms with Crippen LogP contribution in [-0.2, 0) is 9.59 Å². The Hall–Kier alpha value is -1.63. The van der Waals surface area contributed by atoms with Gasteiger partial charge in [-0.3, -0.25) is 14.5 Å². The van der Waals surface area contributed by atoms with Crippen LogP contribution in [0.5, 0.6) is 0 Å². The molecule has 1 spiro atoms. The van der Waals surface area contributed by atoms with Crippen LogP contribution in [0.3, 0.4) is 0 Å². The van der Waals surface area contributed by atoms with Gasteiger partial charge in [0.05, 0.1) is 0 Å². The number of imide groups is 1. The third-order valence-electron chi connectivity index (χ3n) is 2.92. The van der Waals surface area contributed by atoms with Crippen molar-refractivity contribution in [1.82, 2.24) is 15.5 Å². The van der Waals surface area contributed by atoms with Gasteiger partial charge in [0, 0.05) is 6.54 Å². The minimum Gasteiger partial charge on any atom is -0.480 e. The molecule has 1 atom stereocenters. The van der Waals surface area contributed by atoms with Crippen LogP contribution in [0.1, 0.15) is 12.8 Å². The van der Waals surface area contributed by atoms with Gasteiger partial charge in [0.25, 0.3) is 5.91 Å². The fraction of sp³-hybridized carbons (Fsp3) is 0.667. The van der Waals surface area contributed by atoms with Gasteiger partial charge in [-0.15, -0.1) is 0 Å². The summed E-state index contributed by atoms with van der Waals surface area (Å²) in [5.41, 5.74) is -0.926. The van der Waals surface area contributed by atoms with Gasteiger partial charge < -0.3 is 15.7 Å². The molecule has 0 aromatic rings. The molecule has 0 aromatic heterocycles. The van der Waals surface area contributed by atoms with Crippen LogP contribution >= 0.6 is 0 Å². The maximum Gasteiger partial charge on any atom is 0.325 e. The fourth-order valence-corrected chi connectivity index (χ4v) is 2.15. The van der Waals surface area contributed by atoms with Crippen molar-refractivity contribution in [3.63, 3.8) is 0 Å². The highest BCUT2D eigenvalue weighted by Gasteiger charge is 2.51. The van der Waals surface area contributed by atoms with Crippen molar-refractivity contribution in [2.45, 2.75) is 18.4 Å². The Morgan fingerprint density at radius 3 is 2.81 bits per heavy atom. The van der Waals surface area contributed by atoms with Crippen molar-refractivity contribution in [1.29, 1.82) is 0 Å². The number of rotatable bonds is 2. The first-order valence-corrected chi connectivity index (χ1v) is 5.12. The molecule has 0 unspecified atom stereocenters. The SMILES string of the molecule is O=C(O)CN1C(=O)N[C@@]2(CCCNC2)C1=O. The quantitative estimate of drug-likeness (QED) is 0.512. The molecule has 0 saturated carbocycles. The second kappa shape index (κ2) is 3.75. The number of nitrogens with one attached hydrogen (secondary N) is 2. The molecule has 0 aromatic carbocycles. The fourth-order valence-electron chi connectivity index (χ4n) is 2.15. The van der Waals surface area contributed by atoms with Crippen molar-refractivity contribution < 1.29 is 19.5 Å². The topological polar surface area (TPSA) is 98.7 Å². The summed E-state index contributed by atoms with van der Waals surface area (Å²) in [6.45, 7) is 0.601. The molecule has 2 saturated heterocycles. The van der Waals surface area contributed by atoms with Gasteiger partial charge in [0.15, 0.2) is 0 Å². The van der Waals surface area contributed by atoms with Crippen LogP contribution in [0, 0.1) is 0 Å². The summed E-state index contributed by atoms with van der Waals surface area (Å²) < 4.78 is 0. The molecule has 7 heteroatoms. The number of carboxylic acids is 1. The summed E-state index contributed by atoms with van der Waals surface area (Å²) in [6, 6.07) is -0.615. The predicted octanol–water partition coefficient (Wildman–Crippen LogP) is -1.25. The number of amides is 3. The van der Waals surface area contributed by atoms with E-state index in [1.807, 2.05) is 0 Å². The van der Waals surface area contributed by atoms with Crippen LogP contribution in [0.4, 0.5) is 4.79 Å². The Bertz CT molecular complexity index is 349. The van der Waals surface area contributed by atoms with Gasteiger partial charge in [-0.05, 0) is 19.4 Å². The normalized spacial score (nSPS) is 29.6. The minimum absolute atomic E-state index is 0.369. The van der Waals surface area contributed by atoms with E-state index >= 15 is 0 Å². The molecular weight excluding hydrogens is 214 g/mol. The average molecular weight is 227 g/mol. The highest BCUT2D eigenvalue weighted by atomic mass is 16.4. The van der Waals surface area contributed by atoms with E-state index in [-0.39, 0.29) is 0 Å². The number of hydrogen-bond acceptors (Lipinski definition) is 4. The highest BCUT2D eigenvalue weighted by Crippen LogP contribution is 2.24. The summed E-state index contributed by atoms with van der Waals surface area (Å²) in [7, 11) is 0. The second-order valence-corrected chi connectivity index (χ2v) is 4.08. The first kappa shape index (κ1) is 10.9. The molecule has 0 radical (unpaired) electrons.